The summed E-state index contributed by atoms with van der Waals surface area (Å²) < 4.78 is 6.69. The van der Waals surface area contributed by atoms with E-state index in [0.29, 0.717) is 12.8 Å². The van der Waals surface area contributed by atoms with E-state index in [2.05, 4.69) is 37.0 Å². The fourth-order valence-electron chi connectivity index (χ4n) is 4.03. The van der Waals surface area contributed by atoms with Crippen LogP contribution in [-0.2, 0) is 20.8 Å². The molecule has 0 spiro atoms. The van der Waals surface area contributed by atoms with Gasteiger partial charge in [0.1, 0.15) is 0 Å². The van der Waals surface area contributed by atoms with Crippen LogP contribution < -0.4 is 10.6 Å². The summed E-state index contributed by atoms with van der Waals surface area (Å²) in [5, 5.41) is 5.63. The van der Waals surface area contributed by atoms with Crippen molar-refractivity contribution in [3.05, 3.63) is 48.6 Å². The molecule has 7 nitrogen and oxygen atoms in total. The minimum absolute atomic E-state index is 0.0191. The zero-order chi connectivity index (χ0) is 27.7. The molecule has 1 saturated heterocycles. The van der Waals surface area contributed by atoms with E-state index >= 15 is 0 Å². The number of hydrogen-bond donors (Lipinski definition) is 4. The van der Waals surface area contributed by atoms with Crippen LogP contribution in [0.2, 0.25) is 0 Å². The number of carbonyl (C=O) groups is 3. The number of benzene rings is 1. The lowest BCUT2D eigenvalue weighted by molar-refractivity contribution is -0.127. The second-order valence-corrected chi connectivity index (χ2v) is 9.30. The molecular weight excluding hydrogens is 486 g/mol. The fraction of sp³-hybridized carbons (Fsp3) is 0.621. The minimum Gasteiger partial charge on any atom is -0.348 e. The Morgan fingerprint density at radius 2 is 1.59 bits per heavy atom. The van der Waals surface area contributed by atoms with Gasteiger partial charge >= 0.3 is 0 Å². The Bertz CT molecular complexity index is 740. The highest BCUT2D eigenvalue weighted by Gasteiger charge is 2.12. The van der Waals surface area contributed by atoms with Gasteiger partial charge < -0.3 is 20.1 Å². The molecule has 1 atom stereocenters. The van der Waals surface area contributed by atoms with Crippen LogP contribution in [0, 0.1) is 0 Å². The van der Waals surface area contributed by atoms with Crippen LogP contribution in [0.25, 0.3) is 0 Å². The summed E-state index contributed by atoms with van der Waals surface area (Å²) in [5.41, 5.74) is 1.12. The van der Waals surface area contributed by atoms with Crippen molar-refractivity contribution in [1.82, 2.24) is 15.5 Å². The number of nitrogens with one attached hydrogen (secondary N) is 2. The van der Waals surface area contributed by atoms with E-state index in [1.165, 1.54) is 51.4 Å². The molecule has 210 valence electrons. The minimum atomic E-state index is -0.157. The van der Waals surface area contributed by atoms with Gasteiger partial charge in [-0.3, -0.25) is 14.4 Å². The van der Waals surface area contributed by atoms with E-state index in [-0.39, 0.29) is 30.3 Å². The van der Waals surface area contributed by atoms with Crippen LogP contribution in [0.5, 0.6) is 0 Å². The van der Waals surface area contributed by atoms with Gasteiger partial charge in [0.15, 0.2) is 0 Å². The summed E-state index contributed by atoms with van der Waals surface area (Å²) in [7, 11) is 0. The number of rotatable bonds is 15. The summed E-state index contributed by atoms with van der Waals surface area (Å²) in [5.74, 6) is -0.0327. The Balaban J connectivity index is 0.00000108. The standard InChI is InChI=1S/C23H36N2O2.C6H11NO.H2OS/c1-3-5-6-7-8-9-13-16-21(4-2)25-23(27)19-24-22(26)18-17-20-14-11-10-12-15-20;1-6(8)7-4-2-3-5-7;1-2/h4,10-12,14-15,21H,2-3,5-9,13,16-19H2,1H3,(H,24,26)(H,25,27);2-5H2,1H3;1-2H. The van der Waals surface area contributed by atoms with Gasteiger partial charge in [0.2, 0.25) is 17.7 Å². The highest BCUT2D eigenvalue weighted by molar-refractivity contribution is 7.74. The van der Waals surface area contributed by atoms with Crippen molar-refractivity contribution in [2.75, 3.05) is 19.6 Å². The third-order valence-electron chi connectivity index (χ3n) is 6.23. The number of nitrogens with zero attached hydrogens (tertiary/aromatic N) is 1. The molecule has 37 heavy (non-hydrogen) atoms. The maximum absolute atomic E-state index is 12.0. The third kappa shape index (κ3) is 19.5. The molecule has 0 radical (unpaired) electrons. The van der Waals surface area contributed by atoms with E-state index < -0.39 is 0 Å². The summed E-state index contributed by atoms with van der Waals surface area (Å²) in [6.45, 7) is 9.65. The van der Waals surface area contributed by atoms with Crippen molar-refractivity contribution in [3.63, 3.8) is 0 Å². The summed E-state index contributed by atoms with van der Waals surface area (Å²) >= 11 is 2.53. The summed E-state index contributed by atoms with van der Waals surface area (Å²) in [6, 6.07) is 9.85. The maximum atomic E-state index is 12.0. The molecule has 0 aromatic heterocycles. The van der Waals surface area contributed by atoms with Gasteiger partial charge in [0.25, 0.3) is 0 Å². The molecule has 0 saturated carbocycles. The van der Waals surface area contributed by atoms with Gasteiger partial charge in [0.05, 0.1) is 6.54 Å². The quantitative estimate of drug-likeness (QED) is 0.102. The molecule has 1 aromatic rings. The first-order valence-corrected chi connectivity index (χ1v) is 14.0. The number of amides is 3. The number of carbonyl (C=O) groups excluding carboxylic acids is 3. The zero-order valence-electron chi connectivity index (χ0n) is 22.9. The van der Waals surface area contributed by atoms with Crippen LogP contribution in [-0.4, -0.2) is 52.9 Å². The molecule has 1 aliphatic rings. The molecule has 1 heterocycles. The predicted octanol–water partition coefficient (Wildman–Crippen LogP) is 5.56. The third-order valence-corrected chi connectivity index (χ3v) is 6.23. The SMILES string of the molecule is C=CC(CCCCCCCCC)NC(=O)CNC(=O)CCc1ccccc1.CC(=O)N1CCCC1.OS. The Kier molecular flexibility index (Phi) is 22.5. The van der Waals surface area contributed by atoms with E-state index in [0.717, 1.165) is 31.5 Å². The zero-order valence-corrected chi connectivity index (χ0v) is 23.8. The highest BCUT2D eigenvalue weighted by atomic mass is 32.1. The van der Waals surface area contributed by atoms with Crippen molar-refractivity contribution in [1.29, 1.82) is 0 Å². The Labute approximate surface area is 230 Å². The molecule has 2 rings (SSSR count). The number of thiol groups is 1. The van der Waals surface area contributed by atoms with Crippen LogP contribution in [0.4, 0.5) is 0 Å². The second kappa shape index (κ2) is 24.0. The predicted molar refractivity (Wildman–Crippen MR) is 156 cm³/mol. The Hall–Kier alpha value is -2.32. The number of aryl methyl sites for hydroxylation is 1. The molecule has 0 bridgehead atoms. The average molecular weight is 536 g/mol. The largest absolute Gasteiger partial charge is 0.348 e. The Morgan fingerprint density at radius 1 is 1.00 bits per heavy atom. The van der Waals surface area contributed by atoms with E-state index in [1.54, 1.807) is 13.0 Å². The molecule has 0 aliphatic carbocycles. The van der Waals surface area contributed by atoms with E-state index in [4.69, 9.17) is 4.55 Å². The highest BCUT2D eigenvalue weighted by Crippen LogP contribution is 2.10. The molecular formula is C29H49N3O4S. The van der Waals surface area contributed by atoms with Gasteiger partial charge in [-0.25, -0.2) is 0 Å². The molecule has 8 heteroatoms. The topological polar surface area (TPSA) is 98.7 Å². The molecule has 1 aromatic carbocycles. The van der Waals surface area contributed by atoms with Gasteiger partial charge in [-0.1, -0.05) is 88.3 Å². The summed E-state index contributed by atoms with van der Waals surface area (Å²) in [6.07, 6.45) is 14.9. The van der Waals surface area contributed by atoms with Crippen molar-refractivity contribution < 1.29 is 18.9 Å². The van der Waals surface area contributed by atoms with Crippen LogP contribution in [0.1, 0.15) is 90.0 Å². The number of hydrogen-bond acceptors (Lipinski definition) is 5. The average Bonchev–Trinajstić information content (AvgIpc) is 3.47. The fourth-order valence-corrected chi connectivity index (χ4v) is 4.03. The van der Waals surface area contributed by atoms with Crippen molar-refractivity contribution in [2.24, 2.45) is 0 Å². The maximum Gasteiger partial charge on any atom is 0.239 e. The van der Waals surface area contributed by atoms with E-state index in [1.807, 2.05) is 35.2 Å². The first-order chi connectivity index (χ1) is 18.0. The van der Waals surface area contributed by atoms with Crippen LogP contribution in [0.15, 0.2) is 43.0 Å². The lowest BCUT2D eigenvalue weighted by Crippen LogP contribution is -2.41. The molecule has 1 aliphatic heterocycles. The van der Waals surface area contributed by atoms with Crippen molar-refractivity contribution in [2.45, 2.75) is 96.9 Å². The smallest absolute Gasteiger partial charge is 0.239 e. The van der Waals surface area contributed by atoms with E-state index in [9.17, 15) is 14.4 Å². The second-order valence-electron chi connectivity index (χ2n) is 9.30. The van der Waals surface area contributed by atoms with Crippen molar-refractivity contribution >= 4 is 30.6 Å². The number of unbranched alkanes of at least 4 members (excludes halogenated alkanes) is 6. The lowest BCUT2D eigenvalue weighted by atomic mass is 10.1. The molecule has 3 N–H and O–H groups in total. The first-order valence-electron chi connectivity index (χ1n) is 13.6. The van der Waals surface area contributed by atoms with Gasteiger partial charge in [0, 0.05) is 32.5 Å². The molecule has 1 unspecified atom stereocenters. The van der Waals surface area contributed by atoms with Gasteiger partial charge in [-0.05, 0) is 44.2 Å². The van der Waals surface area contributed by atoms with Gasteiger partial charge in [-0.2, -0.15) is 0 Å². The summed E-state index contributed by atoms with van der Waals surface area (Å²) in [4.78, 5) is 36.4. The number of likely N-dealkylation sites (tertiary alicyclic amines) is 1. The lowest BCUT2D eigenvalue weighted by Gasteiger charge is -2.15. The Morgan fingerprint density at radius 3 is 2.14 bits per heavy atom. The van der Waals surface area contributed by atoms with Crippen molar-refractivity contribution in [3.8, 4) is 0 Å². The molecule has 3 amide bonds. The molecule has 1 fully saturated rings. The van der Waals surface area contributed by atoms with Gasteiger partial charge in [-0.15, -0.1) is 6.58 Å². The normalized spacial score (nSPS) is 12.8. The first kappa shape index (κ1) is 34.7. The monoisotopic (exact) mass is 535 g/mol. The van der Waals surface area contributed by atoms with Crippen LogP contribution in [0.3, 0.4) is 0 Å². The van der Waals surface area contributed by atoms with Crippen LogP contribution >= 0.6 is 12.9 Å².